The predicted molar refractivity (Wildman–Crippen MR) is 83.9 cm³/mol. The lowest BCUT2D eigenvalue weighted by atomic mass is 10.1. The van der Waals surface area contributed by atoms with Gasteiger partial charge >= 0.3 is 0 Å². The summed E-state index contributed by atoms with van der Waals surface area (Å²) in [6.45, 7) is 3.17. The molecule has 96 valence electrons. The van der Waals surface area contributed by atoms with Crippen molar-refractivity contribution in [2.24, 2.45) is 0 Å². The highest BCUT2D eigenvalue weighted by molar-refractivity contribution is 9.10. The van der Waals surface area contributed by atoms with Crippen LogP contribution in [0.1, 0.15) is 39.6 Å². The molecule has 2 heterocycles. The van der Waals surface area contributed by atoms with Gasteiger partial charge in [-0.3, -0.25) is 0 Å². The largest absolute Gasteiger partial charge is 0.305 e. The van der Waals surface area contributed by atoms with Gasteiger partial charge in [0.15, 0.2) is 0 Å². The molecule has 1 nitrogen and oxygen atoms in total. The van der Waals surface area contributed by atoms with Crippen molar-refractivity contribution >= 4 is 38.6 Å². The monoisotopic (exact) mass is 341 g/mol. The minimum atomic E-state index is 0.361. The lowest BCUT2D eigenvalue weighted by Crippen LogP contribution is -2.20. The molecule has 0 saturated carbocycles. The van der Waals surface area contributed by atoms with Gasteiger partial charge in [-0.05, 0) is 64.8 Å². The molecule has 2 aromatic rings. The number of fused-ring (bicyclic) bond motifs is 1. The van der Waals surface area contributed by atoms with Crippen molar-refractivity contribution < 1.29 is 0 Å². The summed E-state index contributed by atoms with van der Waals surface area (Å²) in [4.78, 5) is 4.49. The van der Waals surface area contributed by atoms with E-state index in [0.29, 0.717) is 6.04 Å². The molecule has 0 bridgehead atoms. The summed E-state index contributed by atoms with van der Waals surface area (Å²) in [5.74, 6) is 0. The van der Waals surface area contributed by atoms with E-state index in [4.69, 9.17) is 0 Å². The summed E-state index contributed by atoms with van der Waals surface area (Å²) in [7, 11) is 0. The minimum absolute atomic E-state index is 0.361. The van der Waals surface area contributed by atoms with E-state index in [-0.39, 0.29) is 0 Å². The van der Waals surface area contributed by atoms with Gasteiger partial charge in [-0.2, -0.15) is 0 Å². The zero-order chi connectivity index (χ0) is 12.5. The molecule has 0 saturated heterocycles. The first kappa shape index (κ1) is 12.9. The molecule has 1 aliphatic carbocycles. The molecule has 0 amide bonds. The van der Waals surface area contributed by atoms with E-state index >= 15 is 0 Å². The average molecular weight is 342 g/mol. The lowest BCUT2D eigenvalue weighted by Gasteiger charge is -2.15. The molecule has 18 heavy (non-hydrogen) atoms. The molecule has 0 radical (unpaired) electrons. The minimum Gasteiger partial charge on any atom is -0.305 e. The van der Waals surface area contributed by atoms with Crippen molar-refractivity contribution in [3.05, 3.63) is 42.2 Å². The highest BCUT2D eigenvalue weighted by Crippen LogP contribution is 2.39. The van der Waals surface area contributed by atoms with Crippen molar-refractivity contribution in [3.8, 4) is 0 Å². The van der Waals surface area contributed by atoms with Crippen molar-refractivity contribution in [1.29, 1.82) is 0 Å². The summed E-state index contributed by atoms with van der Waals surface area (Å²) in [5, 5.41) is 5.78. The number of rotatable bonds is 4. The zero-order valence-corrected chi connectivity index (χ0v) is 13.6. The topological polar surface area (TPSA) is 12.0 Å². The zero-order valence-electron chi connectivity index (χ0n) is 10.3. The van der Waals surface area contributed by atoms with Gasteiger partial charge < -0.3 is 5.32 Å². The molecule has 1 atom stereocenters. The second kappa shape index (κ2) is 5.45. The third-order valence-corrected chi connectivity index (χ3v) is 6.60. The Morgan fingerprint density at radius 3 is 3.00 bits per heavy atom. The molecule has 3 rings (SSSR count). The first-order valence-electron chi connectivity index (χ1n) is 6.37. The van der Waals surface area contributed by atoms with Crippen LogP contribution in [0, 0.1) is 0 Å². The lowest BCUT2D eigenvalue weighted by molar-refractivity contribution is 0.646. The first-order valence-corrected chi connectivity index (χ1v) is 8.86. The molecule has 0 fully saturated rings. The highest BCUT2D eigenvalue weighted by Gasteiger charge is 2.23. The average Bonchev–Trinajstić information content (AvgIpc) is 3.00. The fourth-order valence-corrected chi connectivity index (χ4v) is 5.64. The van der Waals surface area contributed by atoms with Crippen molar-refractivity contribution in [2.75, 3.05) is 6.54 Å². The molecule has 1 aliphatic rings. The van der Waals surface area contributed by atoms with Gasteiger partial charge in [-0.1, -0.05) is 6.92 Å². The normalized spacial score (nSPS) is 15.9. The van der Waals surface area contributed by atoms with Gasteiger partial charge in [0.2, 0.25) is 0 Å². The van der Waals surface area contributed by atoms with Crippen molar-refractivity contribution in [2.45, 2.75) is 32.2 Å². The Morgan fingerprint density at radius 2 is 2.33 bits per heavy atom. The first-order chi connectivity index (χ1) is 8.79. The fourth-order valence-electron chi connectivity index (χ4n) is 2.53. The maximum Gasteiger partial charge on any atom is 0.0776 e. The van der Waals surface area contributed by atoms with Crippen LogP contribution in [-0.2, 0) is 12.8 Å². The molecule has 0 spiro atoms. The Morgan fingerprint density at radius 1 is 1.44 bits per heavy atom. The molecule has 0 aliphatic heterocycles. The van der Waals surface area contributed by atoms with Gasteiger partial charge in [0, 0.05) is 19.1 Å². The van der Waals surface area contributed by atoms with Crippen LogP contribution >= 0.6 is 38.6 Å². The SMILES string of the molecule is CCNC(c1cc2c(s1)CCC2)c1sccc1Br. The van der Waals surface area contributed by atoms with Crippen LogP contribution in [0.2, 0.25) is 0 Å². The second-order valence-corrected chi connectivity index (χ2v) is 7.54. The number of halogens is 1. The molecule has 4 heteroatoms. The fraction of sp³-hybridized carbons (Fsp3) is 0.429. The summed E-state index contributed by atoms with van der Waals surface area (Å²) in [6.07, 6.45) is 3.90. The van der Waals surface area contributed by atoms with Crippen LogP contribution in [0.25, 0.3) is 0 Å². The molecule has 1 N–H and O–H groups in total. The van der Waals surface area contributed by atoms with E-state index in [1.54, 1.807) is 10.4 Å². The molecule has 2 aromatic heterocycles. The van der Waals surface area contributed by atoms with Crippen LogP contribution in [0.5, 0.6) is 0 Å². The van der Waals surface area contributed by atoms with E-state index in [1.807, 2.05) is 22.7 Å². The van der Waals surface area contributed by atoms with Crippen LogP contribution in [0.3, 0.4) is 0 Å². The van der Waals surface area contributed by atoms with Crippen LogP contribution in [0.4, 0.5) is 0 Å². The van der Waals surface area contributed by atoms with Crippen LogP contribution in [0.15, 0.2) is 22.0 Å². The van der Waals surface area contributed by atoms with Gasteiger partial charge in [-0.25, -0.2) is 0 Å². The summed E-state index contributed by atoms with van der Waals surface area (Å²) in [5.41, 5.74) is 1.59. The van der Waals surface area contributed by atoms with E-state index in [1.165, 1.54) is 33.5 Å². The Balaban J connectivity index is 1.96. The Bertz CT molecular complexity index is 522. The van der Waals surface area contributed by atoms with Crippen molar-refractivity contribution in [1.82, 2.24) is 5.32 Å². The van der Waals surface area contributed by atoms with Crippen LogP contribution in [-0.4, -0.2) is 6.54 Å². The van der Waals surface area contributed by atoms with Gasteiger partial charge in [0.1, 0.15) is 0 Å². The maximum atomic E-state index is 3.67. The van der Waals surface area contributed by atoms with E-state index in [2.05, 4.69) is 45.7 Å². The number of aryl methyl sites for hydroxylation is 2. The third-order valence-electron chi connectivity index (χ3n) is 3.37. The standard InChI is InChI=1S/C14H16BrNS2/c1-2-16-13(14-10(15)6-7-17-14)12-8-9-4-3-5-11(9)18-12/h6-8,13,16H,2-5H2,1H3. The summed E-state index contributed by atoms with van der Waals surface area (Å²) >= 11 is 7.50. The number of thiophene rings is 2. The highest BCUT2D eigenvalue weighted by atomic mass is 79.9. The smallest absolute Gasteiger partial charge is 0.0776 e. The molecule has 0 aromatic carbocycles. The Hall–Kier alpha value is -0.160. The quantitative estimate of drug-likeness (QED) is 0.845. The van der Waals surface area contributed by atoms with E-state index in [9.17, 15) is 0 Å². The third kappa shape index (κ3) is 2.31. The molecular weight excluding hydrogens is 326 g/mol. The summed E-state index contributed by atoms with van der Waals surface area (Å²) < 4.78 is 1.23. The van der Waals surface area contributed by atoms with Crippen molar-refractivity contribution in [3.63, 3.8) is 0 Å². The maximum absolute atomic E-state index is 3.67. The Kier molecular flexibility index (Phi) is 3.89. The molecular formula is C14H16BrNS2. The Labute approximate surface area is 124 Å². The number of nitrogens with one attached hydrogen (secondary N) is 1. The second-order valence-electron chi connectivity index (χ2n) is 4.57. The van der Waals surface area contributed by atoms with E-state index < -0.39 is 0 Å². The number of hydrogen-bond acceptors (Lipinski definition) is 3. The number of hydrogen-bond donors (Lipinski definition) is 1. The van der Waals surface area contributed by atoms with Gasteiger partial charge in [-0.15, -0.1) is 22.7 Å². The predicted octanol–water partition coefficient (Wildman–Crippen LogP) is 4.76. The van der Waals surface area contributed by atoms with Gasteiger partial charge in [0.05, 0.1) is 6.04 Å². The summed E-state index contributed by atoms with van der Waals surface area (Å²) in [6, 6.07) is 4.93. The van der Waals surface area contributed by atoms with Crippen LogP contribution < -0.4 is 5.32 Å². The van der Waals surface area contributed by atoms with E-state index in [0.717, 1.165) is 6.54 Å². The molecule has 1 unspecified atom stereocenters. The van der Waals surface area contributed by atoms with Gasteiger partial charge in [0.25, 0.3) is 0 Å².